The Balaban J connectivity index is 2.26. The fourth-order valence-corrected chi connectivity index (χ4v) is 5.17. The van der Waals surface area contributed by atoms with Crippen LogP contribution in [-0.2, 0) is 16.6 Å². The van der Waals surface area contributed by atoms with Gasteiger partial charge >= 0.3 is 0 Å². The lowest BCUT2D eigenvalue weighted by atomic mass is 10.1. The molecule has 1 N–H and O–H groups in total. The first-order chi connectivity index (χ1) is 9.48. The van der Waals surface area contributed by atoms with Crippen LogP contribution in [0.4, 0.5) is 0 Å². The molecule has 0 spiro atoms. The van der Waals surface area contributed by atoms with E-state index >= 15 is 0 Å². The first-order valence-corrected chi connectivity index (χ1v) is 9.15. The monoisotopic (exact) mass is 360 g/mol. The summed E-state index contributed by atoms with van der Waals surface area (Å²) in [5.74, 6) is 0.493. The average Bonchev–Trinajstić information content (AvgIpc) is 2.88. The molecular weight excluding hydrogens is 340 g/mol. The minimum atomic E-state index is -3.38. The minimum Gasteiger partial charge on any atom is -0.316 e. The highest BCUT2D eigenvalue weighted by Crippen LogP contribution is 2.30. The van der Waals surface area contributed by atoms with E-state index in [4.69, 9.17) is 0 Å². The van der Waals surface area contributed by atoms with Crippen molar-refractivity contribution in [3.63, 3.8) is 0 Å². The molecule has 1 aromatic carbocycles. The quantitative estimate of drug-likeness (QED) is 0.877. The second-order valence-electron chi connectivity index (χ2n) is 5.22. The topological polar surface area (TPSA) is 49.4 Å². The van der Waals surface area contributed by atoms with Crippen LogP contribution in [0, 0.1) is 5.92 Å². The SMILES string of the molecule is CCC1CCN(S(=O)(=O)c2ccc(CNC)cc2Br)C1. The van der Waals surface area contributed by atoms with Crippen molar-refractivity contribution in [3.8, 4) is 0 Å². The van der Waals surface area contributed by atoms with Crippen LogP contribution < -0.4 is 5.32 Å². The van der Waals surface area contributed by atoms with Crippen molar-refractivity contribution >= 4 is 26.0 Å². The second kappa shape index (κ2) is 6.56. The molecule has 0 aliphatic carbocycles. The van der Waals surface area contributed by atoms with Crippen molar-refractivity contribution in [3.05, 3.63) is 28.2 Å². The van der Waals surface area contributed by atoms with Crippen LogP contribution in [0.1, 0.15) is 25.3 Å². The summed E-state index contributed by atoms with van der Waals surface area (Å²) in [6.45, 7) is 4.11. The van der Waals surface area contributed by atoms with E-state index in [9.17, 15) is 8.42 Å². The van der Waals surface area contributed by atoms with Gasteiger partial charge in [0.15, 0.2) is 0 Å². The average molecular weight is 361 g/mol. The van der Waals surface area contributed by atoms with Gasteiger partial charge in [0.05, 0.1) is 4.90 Å². The molecule has 1 fully saturated rings. The highest BCUT2D eigenvalue weighted by Gasteiger charge is 2.32. The lowest BCUT2D eigenvalue weighted by Gasteiger charge is -2.18. The van der Waals surface area contributed by atoms with Gasteiger partial charge < -0.3 is 5.32 Å². The van der Waals surface area contributed by atoms with E-state index in [1.54, 1.807) is 10.4 Å². The molecule has 1 aromatic rings. The number of rotatable bonds is 5. The first kappa shape index (κ1) is 15.9. The number of hydrogen-bond acceptors (Lipinski definition) is 3. The maximum atomic E-state index is 12.7. The fourth-order valence-electron chi connectivity index (χ4n) is 2.56. The van der Waals surface area contributed by atoms with Crippen molar-refractivity contribution in [2.24, 2.45) is 5.92 Å². The molecule has 1 atom stereocenters. The molecule has 0 bridgehead atoms. The summed E-state index contributed by atoms with van der Waals surface area (Å²) in [7, 11) is -1.51. The normalized spacial score (nSPS) is 20.4. The number of nitrogens with one attached hydrogen (secondary N) is 1. The summed E-state index contributed by atoms with van der Waals surface area (Å²) in [5, 5.41) is 3.06. The van der Waals surface area contributed by atoms with E-state index in [2.05, 4.69) is 28.2 Å². The van der Waals surface area contributed by atoms with Crippen LogP contribution >= 0.6 is 15.9 Å². The predicted octanol–water partition coefficient (Wildman–Crippen LogP) is 2.59. The maximum Gasteiger partial charge on any atom is 0.244 e. The van der Waals surface area contributed by atoms with Crippen LogP contribution in [-0.4, -0.2) is 32.9 Å². The van der Waals surface area contributed by atoms with Gasteiger partial charge in [-0.3, -0.25) is 0 Å². The van der Waals surface area contributed by atoms with Crippen LogP contribution in [0.5, 0.6) is 0 Å². The molecule has 1 aliphatic rings. The van der Waals surface area contributed by atoms with Gasteiger partial charge in [0, 0.05) is 24.1 Å². The zero-order valence-electron chi connectivity index (χ0n) is 11.9. The third-order valence-corrected chi connectivity index (χ3v) is 6.66. The highest BCUT2D eigenvalue weighted by molar-refractivity contribution is 9.10. The molecule has 0 saturated carbocycles. The summed E-state index contributed by atoms with van der Waals surface area (Å²) < 4.78 is 27.6. The molecule has 1 aliphatic heterocycles. The summed E-state index contributed by atoms with van der Waals surface area (Å²) in [6, 6.07) is 5.43. The van der Waals surface area contributed by atoms with Crippen molar-refractivity contribution < 1.29 is 8.42 Å². The molecule has 6 heteroatoms. The molecule has 0 amide bonds. The number of benzene rings is 1. The van der Waals surface area contributed by atoms with Crippen molar-refractivity contribution in [2.45, 2.75) is 31.2 Å². The number of nitrogens with zero attached hydrogens (tertiary/aromatic N) is 1. The Labute approximate surface area is 129 Å². The van der Waals surface area contributed by atoms with E-state index in [0.717, 1.165) is 24.9 Å². The van der Waals surface area contributed by atoms with Crippen molar-refractivity contribution in [1.29, 1.82) is 0 Å². The van der Waals surface area contributed by atoms with Gasteiger partial charge in [-0.1, -0.05) is 19.4 Å². The molecule has 1 heterocycles. The lowest BCUT2D eigenvalue weighted by Crippen LogP contribution is -2.29. The Bertz CT molecular complexity index is 575. The van der Waals surface area contributed by atoms with Gasteiger partial charge in [0.25, 0.3) is 0 Å². The standard InChI is InChI=1S/C14H21BrN2O2S/c1-3-11-6-7-17(10-11)20(18,19)14-5-4-12(9-16-2)8-13(14)15/h4-5,8,11,16H,3,6-7,9-10H2,1-2H3. The largest absolute Gasteiger partial charge is 0.316 e. The summed E-state index contributed by atoms with van der Waals surface area (Å²) in [6.07, 6.45) is 2.00. The number of sulfonamides is 1. The Hall–Kier alpha value is -0.430. The third-order valence-electron chi connectivity index (χ3n) is 3.82. The van der Waals surface area contributed by atoms with Crippen molar-refractivity contribution in [2.75, 3.05) is 20.1 Å². The van der Waals surface area contributed by atoms with Crippen LogP contribution in [0.15, 0.2) is 27.6 Å². The van der Waals surface area contributed by atoms with E-state index in [1.165, 1.54) is 0 Å². The Morgan fingerprint density at radius 3 is 2.75 bits per heavy atom. The molecule has 1 saturated heterocycles. The zero-order chi connectivity index (χ0) is 14.8. The predicted molar refractivity (Wildman–Crippen MR) is 84.1 cm³/mol. The Kier molecular flexibility index (Phi) is 5.23. The smallest absolute Gasteiger partial charge is 0.244 e. The van der Waals surface area contributed by atoms with Gasteiger partial charge in [-0.05, 0) is 53.0 Å². The van der Waals surface area contributed by atoms with E-state index in [0.29, 0.717) is 28.4 Å². The van der Waals surface area contributed by atoms with Crippen LogP contribution in [0.25, 0.3) is 0 Å². The van der Waals surface area contributed by atoms with Crippen LogP contribution in [0.2, 0.25) is 0 Å². The van der Waals surface area contributed by atoms with Crippen molar-refractivity contribution in [1.82, 2.24) is 9.62 Å². The molecule has 1 unspecified atom stereocenters. The van der Waals surface area contributed by atoms with E-state index in [1.807, 2.05) is 19.2 Å². The maximum absolute atomic E-state index is 12.7. The lowest BCUT2D eigenvalue weighted by molar-refractivity contribution is 0.452. The highest BCUT2D eigenvalue weighted by atomic mass is 79.9. The Morgan fingerprint density at radius 2 is 2.20 bits per heavy atom. The fraction of sp³-hybridized carbons (Fsp3) is 0.571. The molecule has 4 nitrogen and oxygen atoms in total. The molecular formula is C14H21BrN2O2S. The second-order valence-corrected chi connectivity index (χ2v) is 7.98. The van der Waals surface area contributed by atoms with E-state index in [-0.39, 0.29) is 0 Å². The minimum absolute atomic E-state index is 0.370. The number of hydrogen-bond donors (Lipinski definition) is 1. The van der Waals surface area contributed by atoms with Crippen LogP contribution in [0.3, 0.4) is 0 Å². The Morgan fingerprint density at radius 1 is 1.45 bits per heavy atom. The number of halogens is 1. The van der Waals surface area contributed by atoms with Gasteiger partial charge in [-0.15, -0.1) is 0 Å². The van der Waals surface area contributed by atoms with E-state index < -0.39 is 10.0 Å². The third kappa shape index (κ3) is 3.24. The zero-order valence-corrected chi connectivity index (χ0v) is 14.3. The summed E-state index contributed by atoms with van der Waals surface area (Å²) in [5.41, 5.74) is 1.06. The first-order valence-electron chi connectivity index (χ1n) is 6.92. The van der Waals surface area contributed by atoms with Gasteiger partial charge in [0.1, 0.15) is 0 Å². The van der Waals surface area contributed by atoms with Gasteiger partial charge in [-0.2, -0.15) is 4.31 Å². The molecule has 112 valence electrons. The summed E-state index contributed by atoms with van der Waals surface area (Å²) in [4.78, 5) is 0.370. The molecule has 0 aromatic heterocycles. The summed E-state index contributed by atoms with van der Waals surface area (Å²) >= 11 is 3.40. The molecule has 20 heavy (non-hydrogen) atoms. The van der Waals surface area contributed by atoms with Gasteiger partial charge in [-0.25, -0.2) is 8.42 Å². The molecule has 2 rings (SSSR count). The molecule has 0 radical (unpaired) electrons. The van der Waals surface area contributed by atoms with Gasteiger partial charge in [0.2, 0.25) is 10.0 Å².